The Morgan fingerprint density at radius 1 is 1.09 bits per heavy atom. The maximum Gasteiger partial charge on any atom is 0.247 e. The Kier molecular flexibility index (Phi) is 9.32. The van der Waals surface area contributed by atoms with Crippen LogP contribution in [0.4, 0.5) is 18.9 Å². The fourth-order valence-electron chi connectivity index (χ4n) is 2.93. The van der Waals surface area contributed by atoms with Gasteiger partial charge in [-0.15, -0.1) is 0 Å². The number of anilines is 1. The maximum absolute atomic E-state index is 13.8. The monoisotopic (exact) mass is 464 g/mol. The molecule has 2 rings (SSSR count). The third-order valence-corrected chi connectivity index (χ3v) is 4.42. The molecule has 0 spiro atoms. The first-order chi connectivity index (χ1) is 15.7. The third-order valence-electron chi connectivity index (χ3n) is 4.42. The molecule has 0 aliphatic rings. The van der Waals surface area contributed by atoms with Crippen molar-refractivity contribution in [2.75, 3.05) is 25.5 Å². The molecule has 0 fully saturated rings. The number of carbonyl (C=O) groups is 2. The number of ether oxygens (including phenoxy) is 2. The van der Waals surface area contributed by atoms with Gasteiger partial charge in [-0.2, -0.15) is 0 Å². The summed E-state index contributed by atoms with van der Waals surface area (Å²) in [5.74, 6) is -4.65. The molecule has 0 saturated carbocycles. The van der Waals surface area contributed by atoms with Crippen molar-refractivity contribution in [2.45, 2.75) is 33.3 Å². The van der Waals surface area contributed by atoms with E-state index in [2.05, 4.69) is 5.32 Å². The van der Waals surface area contributed by atoms with Gasteiger partial charge in [0.1, 0.15) is 6.54 Å². The van der Waals surface area contributed by atoms with Gasteiger partial charge in [-0.3, -0.25) is 9.59 Å². The van der Waals surface area contributed by atoms with Gasteiger partial charge in [0.2, 0.25) is 11.8 Å². The molecule has 2 amide bonds. The van der Waals surface area contributed by atoms with E-state index in [1.807, 2.05) is 20.8 Å². The van der Waals surface area contributed by atoms with E-state index < -0.39 is 35.0 Å². The summed E-state index contributed by atoms with van der Waals surface area (Å²) >= 11 is 0. The van der Waals surface area contributed by atoms with Gasteiger partial charge in [0.25, 0.3) is 0 Å². The number of hydrogen-bond donors (Lipinski definition) is 1. The third kappa shape index (κ3) is 7.27. The summed E-state index contributed by atoms with van der Waals surface area (Å²) in [5, 5.41) is 2.16. The molecule has 0 aliphatic carbocycles. The summed E-state index contributed by atoms with van der Waals surface area (Å²) in [4.78, 5) is 26.2. The minimum Gasteiger partial charge on any atom is -0.493 e. The van der Waals surface area contributed by atoms with E-state index in [0.29, 0.717) is 29.5 Å². The first kappa shape index (κ1) is 25.8. The summed E-state index contributed by atoms with van der Waals surface area (Å²) in [5.41, 5.74) is 0.176. The highest BCUT2D eigenvalue weighted by atomic mass is 19.2. The highest BCUT2D eigenvalue weighted by Crippen LogP contribution is 2.29. The van der Waals surface area contributed by atoms with Gasteiger partial charge in [0.15, 0.2) is 29.0 Å². The Hall–Kier alpha value is -3.49. The number of benzene rings is 2. The van der Waals surface area contributed by atoms with Crippen LogP contribution in [-0.2, 0) is 9.59 Å². The van der Waals surface area contributed by atoms with Gasteiger partial charge < -0.3 is 19.7 Å². The van der Waals surface area contributed by atoms with Gasteiger partial charge in [-0.1, -0.05) is 13.0 Å². The van der Waals surface area contributed by atoms with E-state index in [1.54, 1.807) is 24.3 Å². The zero-order valence-electron chi connectivity index (χ0n) is 19.0. The molecule has 1 N–H and O–H groups in total. The minimum absolute atomic E-state index is 0.0319. The summed E-state index contributed by atoms with van der Waals surface area (Å²) in [7, 11) is 1.51. The predicted octanol–water partition coefficient (Wildman–Crippen LogP) is 4.79. The molecule has 0 atom stereocenters. The number of rotatable bonds is 10. The number of hydrogen-bond acceptors (Lipinski definition) is 4. The Balaban J connectivity index is 2.09. The highest BCUT2D eigenvalue weighted by molar-refractivity contribution is 5.98. The Bertz CT molecular complexity index is 1030. The lowest BCUT2D eigenvalue weighted by Crippen LogP contribution is -2.37. The number of halogens is 3. The van der Waals surface area contributed by atoms with Gasteiger partial charge in [-0.05, 0) is 56.2 Å². The summed E-state index contributed by atoms with van der Waals surface area (Å²) in [6.45, 7) is 5.49. The molecule has 0 aliphatic heterocycles. The van der Waals surface area contributed by atoms with E-state index in [-0.39, 0.29) is 19.2 Å². The number of nitrogens with zero attached hydrogens (tertiary/aromatic N) is 1. The molecule has 0 radical (unpaired) electrons. The van der Waals surface area contributed by atoms with Crippen LogP contribution < -0.4 is 14.8 Å². The van der Waals surface area contributed by atoms with E-state index >= 15 is 0 Å². The molecule has 2 aromatic rings. The average Bonchev–Trinajstić information content (AvgIpc) is 2.77. The summed E-state index contributed by atoms with van der Waals surface area (Å²) in [6.07, 6.45) is 3.41. The standard InChI is InChI=1S/C24H27F3N2O4/c1-5-12-29(14-21(30)28-18-9-8-17(25)23(26)24(18)27)22(31)11-7-16-6-10-19(33-15(2)3)20(13-16)32-4/h6-11,13,15H,5,12,14H2,1-4H3,(H,28,30)/b11-7+. The second-order valence-corrected chi connectivity index (χ2v) is 7.44. The van der Waals surface area contributed by atoms with Gasteiger partial charge in [0, 0.05) is 12.6 Å². The SMILES string of the molecule is CCCN(CC(=O)Nc1ccc(F)c(F)c1F)C(=O)/C=C/c1ccc(OC(C)C)c(OC)c1. The smallest absolute Gasteiger partial charge is 0.247 e. The van der Waals surface area contributed by atoms with Crippen LogP contribution in [0.2, 0.25) is 0 Å². The van der Waals surface area contributed by atoms with E-state index in [4.69, 9.17) is 9.47 Å². The normalized spacial score (nSPS) is 11.0. The molecule has 9 heteroatoms. The maximum atomic E-state index is 13.8. The molecule has 0 heterocycles. The van der Waals surface area contributed by atoms with Gasteiger partial charge in [-0.25, -0.2) is 13.2 Å². The summed E-state index contributed by atoms with van der Waals surface area (Å²) < 4.78 is 51.2. The molecule has 6 nitrogen and oxygen atoms in total. The molecular formula is C24H27F3N2O4. The van der Waals surface area contributed by atoms with Crippen LogP contribution in [0.1, 0.15) is 32.8 Å². The summed E-state index contributed by atoms with van der Waals surface area (Å²) in [6, 6.07) is 6.82. The zero-order valence-corrected chi connectivity index (χ0v) is 19.0. The number of carbonyl (C=O) groups excluding carboxylic acids is 2. The quantitative estimate of drug-likeness (QED) is 0.406. The second-order valence-electron chi connectivity index (χ2n) is 7.44. The van der Waals surface area contributed by atoms with Crippen molar-refractivity contribution in [3.8, 4) is 11.5 Å². The Morgan fingerprint density at radius 2 is 1.82 bits per heavy atom. The zero-order chi connectivity index (χ0) is 24.5. The van der Waals surface area contributed by atoms with Crippen LogP contribution in [0, 0.1) is 17.5 Å². The molecular weight excluding hydrogens is 437 g/mol. The van der Waals surface area contributed by atoms with Crippen LogP contribution in [0.15, 0.2) is 36.4 Å². The van der Waals surface area contributed by atoms with Crippen LogP contribution in [-0.4, -0.2) is 43.0 Å². The van der Waals surface area contributed by atoms with Crippen molar-refractivity contribution in [1.29, 1.82) is 0 Å². The van der Waals surface area contributed by atoms with E-state index in [9.17, 15) is 22.8 Å². The van der Waals surface area contributed by atoms with Crippen LogP contribution in [0.5, 0.6) is 11.5 Å². The molecule has 33 heavy (non-hydrogen) atoms. The van der Waals surface area contributed by atoms with Crippen molar-refractivity contribution in [3.05, 3.63) is 59.4 Å². The van der Waals surface area contributed by atoms with Crippen LogP contribution in [0.25, 0.3) is 6.08 Å². The van der Waals surface area contributed by atoms with Crippen LogP contribution >= 0.6 is 0 Å². The van der Waals surface area contributed by atoms with Crippen molar-refractivity contribution in [3.63, 3.8) is 0 Å². The molecule has 0 bridgehead atoms. The number of amides is 2. The minimum atomic E-state index is -1.68. The van der Waals surface area contributed by atoms with Crippen LogP contribution in [0.3, 0.4) is 0 Å². The lowest BCUT2D eigenvalue weighted by atomic mass is 10.2. The largest absolute Gasteiger partial charge is 0.493 e. The Labute approximate surface area is 191 Å². The first-order valence-corrected chi connectivity index (χ1v) is 10.4. The molecule has 0 aromatic heterocycles. The van der Waals surface area contributed by atoms with Gasteiger partial charge >= 0.3 is 0 Å². The van der Waals surface area contributed by atoms with Crippen molar-refractivity contribution >= 4 is 23.6 Å². The number of methoxy groups -OCH3 is 1. The van der Waals surface area contributed by atoms with Crippen molar-refractivity contribution in [1.82, 2.24) is 4.90 Å². The van der Waals surface area contributed by atoms with E-state index in [1.165, 1.54) is 18.1 Å². The Morgan fingerprint density at radius 3 is 2.45 bits per heavy atom. The first-order valence-electron chi connectivity index (χ1n) is 10.4. The second kappa shape index (κ2) is 11.9. The average molecular weight is 464 g/mol. The molecule has 2 aromatic carbocycles. The predicted molar refractivity (Wildman–Crippen MR) is 120 cm³/mol. The van der Waals surface area contributed by atoms with E-state index in [0.717, 1.165) is 6.07 Å². The molecule has 178 valence electrons. The van der Waals surface area contributed by atoms with Gasteiger partial charge in [0.05, 0.1) is 18.9 Å². The highest BCUT2D eigenvalue weighted by Gasteiger charge is 2.18. The lowest BCUT2D eigenvalue weighted by Gasteiger charge is -2.20. The van der Waals surface area contributed by atoms with Crippen molar-refractivity contribution < 1.29 is 32.2 Å². The fraction of sp³-hybridized carbons (Fsp3) is 0.333. The van der Waals surface area contributed by atoms with Crippen molar-refractivity contribution in [2.24, 2.45) is 0 Å². The molecule has 0 saturated heterocycles. The fourth-order valence-corrected chi connectivity index (χ4v) is 2.93. The topological polar surface area (TPSA) is 67.9 Å². The molecule has 0 unspecified atom stereocenters. The lowest BCUT2D eigenvalue weighted by molar-refractivity contribution is -0.130. The number of nitrogens with one attached hydrogen (secondary N) is 1.